The molecule has 0 unspecified atom stereocenters. The molecule has 0 aliphatic rings. The maximum atomic E-state index is 11.0. The highest BCUT2D eigenvalue weighted by atomic mass is 35.5. The second kappa shape index (κ2) is 9.96. The van der Waals surface area contributed by atoms with E-state index in [0.717, 1.165) is 4.90 Å². The SMILES string of the molecule is CC(C)(C)OC(=O)OC(=O)OC(C)(C)C.CN(C(=O)O)c1cc(Cl)ccn1. The van der Waals surface area contributed by atoms with Crippen molar-refractivity contribution in [2.45, 2.75) is 52.7 Å². The number of hydrogen-bond acceptors (Lipinski definition) is 7. The zero-order valence-corrected chi connectivity index (χ0v) is 17.2. The second-order valence-corrected chi connectivity index (χ2v) is 7.64. The molecule has 1 N–H and O–H groups in total. The van der Waals surface area contributed by atoms with Crippen LogP contribution in [0.4, 0.5) is 20.2 Å². The molecule has 0 aromatic carbocycles. The van der Waals surface area contributed by atoms with Crippen LogP contribution in [0.2, 0.25) is 5.02 Å². The highest BCUT2D eigenvalue weighted by molar-refractivity contribution is 6.30. The number of carboxylic acid groups (broad SMARTS) is 1. The fraction of sp³-hybridized carbons (Fsp3) is 0.529. The summed E-state index contributed by atoms with van der Waals surface area (Å²) in [5.41, 5.74) is -1.39. The molecule has 0 spiro atoms. The van der Waals surface area contributed by atoms with Crippen molar-refractivity contribution >= 4 is 35.8 Å². The van der Waals surface area contributed by atoms with E-state index in [-0.39, 0.29) is 0 Å². The first-order chi connectivity index (χ1) is 12.1. The van der Waals surface area contributed by atoms with E-state index in [2.05, 4.69) is 9.72 Å². The van der Waals surface area contributed by atoms with Crippen LogP contribution < -0.4 is 4.90 Å². The summed E-state index contributed by atoms with van der Waals surface area (Å²) in [5.74, 6) is 0.315. The fourth-order valence-corrected chi connectivity index (χ4v) is 1.44. The van der Waals surface area contributed by atoms with Gasteiger partial charge in [0.2, 0.25) is 0 Å². The molecule has 0 bridgehead atoms. The third kappa shape index (κ3) is 12.4. The van der Waals surface area contributed by atoms with Gasteiger partial charge in [-0.3, -0.25) is 4.90 Å². The summed E-state index contributed by atoms with van der Waals surface area (Å²) in [6.45, 7) is 10.0. The fourth-order valence-electron chi connectivity index (χ4n) is 1.28. The van der Waals surface area contributed by atoms with Gasteiger partial charge in [-0.25, -0.2) is 19.4 Å². The highest BCUT2D eigenvalue weighted by Crippen LogP contribution is 2.14. The Morgan fingerprint density at radius 1 is 1.04 bits per heavy atom. The summed E-state index contributed by atoms with van der Waals surface area (Å²) < 4.78 is 13.8. The van der Waals surface area contributed by atoms with E-state index in [0.29, 0.717) is 10.8 Å². The molecule has 0 radical (unpaired) electrons. The smallest absolute Gasteiger partial charge is 0.465 e. The maximum Gasteiger partial charge on any atom is 0.519 e. The summed E-state index contributed by atoms with van der Waals surface area (Å²) in [6.07, 6.45) is -1.73. The quantitative estimate of drug-likeness (QED) is 0.527. The van der Waals surface area contributed by atoms with Gasteiger partial charge in [0.1, 0.15) is 17.0 Å². The molecule has 10 heteroatoms. The lowest BCUT2D eigenvalue weighted by atomic mass is 10.2. The predicted octanol–water partition coefficient (Wildman–Crippen LogP) is 4.72. The van der Waals surface area contributed by atoms with Gasteiger partial charge in [0.05, 0.1) is 0 Å². The maximum absolute atomic E-state index is 11.0. The number of carbonyl (C=O) groups is 3. The van der Waals surface area contributed by atoms with Crippen molar-refractivity contribution in [2.24, 2.45) is 0 Å². The number of nitrogens with zero attached hydrogens (tertiary/aromatic N) is 2. The third-order valence-electron chi connectivity index (χ3n) is 2.28. The van der Waals surface area contributed by atoms with Crippen molar-refractivity contribution in [3.63, 3.8) is 0 Å². The van der Waals surface area contributed by atoms with E-state index in [9.17, 15) is 14.4 Å². The van der Waals surface area contributed by atoms with Crippen molar-refractivity contribution in [3.05, 3.63) is 23.4 Å². The molecule has 1 rings (SSSR count). The third-order valence-corrected chi connectivity index (χ3v) is 2.52. The van der Waals surface area contributed by atoms with Gasteiger partial charge in [-0.15, -0.1) is 0 Å². The molecular formula is C17H25ClN2O7. The summed E-state index contributed by atoms with van der Waals surface area (Å²) in [6, 6.07) is 3.07. The van der Waals surface area contributed by atoms with E-state index in [1.807, 2.05) is 0 Å². The highest BCUT2D eigenvalue weighted by Gasteiger charge is 2.24. The normalized spacial score (nSPS) is 10.8. The number of carbonyl (C=O) groups excluding carboxylic acids is 2. The number of ether oxygens (including phenoxy) is 3. The Labute approximate surface area is 163 Å². The lowest BCUT2D eigenvalue weighted by molar-refractivity contribution is -0.0293. The molecule has 0 fully saturated rings. The van der Waals surface area contributed by atoms with Gasteiger partial charge < -0.3 is 19.3 Å². The van der Waals surface area contributed by atoms with Crippen molar-refractivity contribution < 1.29 is 33.7 Å². The number of anilines is 1. The van der Waals surface area contributed by atoms with Gasteiger partial charge >= 0.3 is 18.4 Å². The van der Waals surface area contributed by atoms with Crippen molar-refractivity contribution in [1.82, 2.24) is 4.98 Å². The van der Waals surface area contributed by atoms with Crippen molar-refractivity contribution in [2.75, 3.05) is 11.9 Å². The molecule has 1 aromatic heterocycles. The molecule has 0 saturated carbocycles. The second-order valence-electron chi connectivity index (χ2n) is 7.20. The molecule has 0 atom stereocenters. The Hall–Kier alpha value is -2.55. The first-order valence-electron chi connectivity index (χ1n) is 7.83. The number of rotatable bonds is 1. The number of pyridine rings is 1. The minimum Gasteiger partial charge on any atom is -0.465 e. The molecular weight excluding hydrogens is 380 g/mol. The van der Waals surface area contributed by atoms with Crippen LogP contribution in [0.1, 0.15) is 41.5 Å². The van der Waals surface area contributed by atoms with Gasteiger partial charge in [0.15, 0.2) is 0 Å². The van der Waals surface area contributed by atoms with Gasteiger partial charge in [-0.05, 0) is 53.7 Å². The lowest BCUT2D eigenvalue weighted by Crippen LogP contribution is -2.29. The summed E-state index contributed by atoms with van der Waals surface area (Å²) in [5, 5.41) is 9.03. The predicted molar refractivity (Wildman–Crippen MR) is 99.2 cm³/mol. The molecule has 9 nitrogen and oxygen atoms in total. The Morgan fingerprint density at radius 3 is 1.81 bits per heavy atom. The lowest BCUT2D eigenvalue weighted by Gasteiger charge is -2.20. The zero-order valence-electron chi connectivity index (χ0n) is 16.4. The first-order valence-corrected chi connectivity index (χ1v) is 8.20. The Morgan fingerprint density at radius 2 is 1.48 bits per heavy atom. The van der Waals surface area contributed by atoms with E-state index in [4.69, 9.17) is 26.2 Å². The minimum atomic E-state index is -1.07. The monoisotopic (exact) mass is 404 g/mol. The summed E-state index contributed by atoms with van der Waals surface area (Å²) >= 11 is 5.63. The summed E-state index contributed by atoms with van der Waals surface area (Å²) in [4.78, 5) is 37.3. The van der Waals surface area contributed by atoms with Crippen molar-refractivity contribution in [1.29, 1.82) is 0 Å². The van der Waals surface area contributed by atoms with E-state index in [1.54, 1.807) is 47.6 Å². The van der Waals surface area contributed by atoms with Crippen LogP contribution in [-0.4, -0.2) is 46.7 Å². The number of amides is 1. The van der Waals surface area contributed by atoms with Crippen molar-refractivity contribution in [3.8, 4) is 0 Å². The van der Waals surface area contributed by atoms with Gasteiger partial charge in [-0.2, -0.15) is 0 Å². The van der Waals surface area contributed by atoms with Gasteiger partial charge in [0.25, 0.3) is 0 Å². The molecule has 0 saturated heterocycles. The van der Waals surface area contributed by atoms with Crippen LogP contribution in [-0.2, 0) is 14.2 Å². The molecule has 1 amide bonds. The number of hydrogen-bond donors (Lipinski definition) is 1. The Bertz CT molecular complexity index is 640. The molecule has 0 aliphatic heterocycles. The van der Waals surface area contributed by atoms with Crippen LogP contribution in [0.3, 0.4) is 0 Å². The van der Waals surface area contributed by atoms with Gasteiger partial charge in [0, 0.05) is 18.3 Å². The molecule has 1 heterocycles. The standard InChI is InChI=1S/C10H18O5.C7H7ClN2O2/c1-9(2,3)14-7(11)13-8(12)15-10(4,5)6;1-10(7(11)12)6-4-5(8)2-3-9-6/h1-6H3;2-4H,1H3,(H,11,12). The molecule has 0 aliphatic carbocycles. The molecule has 27 heavy (non-hydrogen) atoms. The van der Waals surface area contributed by atoms with Crippen LogP contribution in [0.25, 0.3) is 0 Å². The van der Waals surface area contributed by atoms with Crippen LogP contribution in [0.5, 0.6) is 0 Å². The Balaban J connectivity index is 0.000000511. The van der Waals surface area contributed by atoms with Crippen LogP contribution in [0, 0.1) is 0 Å². The topological polar surface area (TPSA) is 115 Å². The Kier molecular flexibility index (Phi) is 9.02. The average molecular weight is 405 g/mol. The zero-order chi connectivity index (χ0) is 21.4. The number of aromatic nitrogens is 1. The van der Waals surface area contributed by atoms with E-state index in [1.165, 1.54) is 19.3 Å². The number of halogens is 1. The largest absolute Gasteiger partial charge is 0.519 e. The molecule has 1 aromatic rings. The van der Waals surface area contributed by atoms with Crippen LogP contribution in [0.15, 0.2) is 18.3 Å². The first kappa shape index (κ1) is 24.5. The van der Waals surface area contributed by atoms with Gasteiger partial charge in [-0.1, -0.05) is 11.6 Å². The minimum absolute atomic E-state index is 0.315. The molecule has 152 valence electrons. The van der Waals surface area contributed by atoms with E-state index >= 15 is 0 Å². The van der Waals surface area contributed by atoms with Crippen LogP contribution >= 0.6 is 11.6 Å². The van der Waals surface area contributed by atoms with E-state index < -0.39 is 29.6 Å². The summed E-state index contributed by atoms with van der Waals surface area (Å²) in [7, 11) is 1.40. The average Bonchev–Trinajstić information content (AvgIpc) is 2.42.